The van der Waals surface area contributed by atoms with E-state index in [1.54, 1.807) is 0 Å². The van der Waals surface area contributed by atoms with Crippen LogP contribution in [0.25, 0.3) is 22.3 Å². The lowest BCUT2D eigenvalue weighted by Crippen LogP contribution is -2.28. The monoisotopic (exact) mass is 524 g/mol. The van der Waals surface area contributed by atoms with Crippen molar-refractivity contribution in [1.29, 1.82) is 0 Å². The number of hydrogen-bond acceptors (Lipinski definition) is 1. The van der Waals surface area contributed by atoms with Gasteiger partial charge in [-0.1, -0.05) is 130 Å². The Balaban J connectivity index is 1.82. The summed E-state index contributed by atoms with van der Waals surface area (Å²) >= 11 is 3.66. The van der Waals surface area contributed by atoms with Crippen molar-refractivity contribution < 1.29 is 5.11 Å². The van der Waals surface area contributed by atoms with Crippen LogP contribution in [0, 0.1) is 0 Å². The summed E-state index contributed by atoms with van der Waals surface area (Å²) in [5, 5.41) is 12.8. The van der Waals surface area contributed by atoms with Gasteiger partial charge in [-0.3, -0.25) is 0 Å². The first-order chi connectivity index (χ1) is 16.4. The zero-order valence-corrected chi connectivity index (χ0v) is 23.0. The van der Waals surface area contributed by atoms with Crippen LogP contribution < -0.4 is 0 Å². The second-order valence-electron chi connectivity index (χ2n) is 11.8. The van der Waals surface area contributed by atoms with Crippen molar-refractivity contribution in [2.24, 2.45) is 0 Å². The van der Waals surface area contributed by atoms with Crippen LogP contribution in [-0.4, -0.2) is 5.11 Å². The van der Waals surface area contributed by atoms with Gasteiger partial charge in [0, 0.05) is 21.2 Å². The maximum atomic E-state index is 12.8. The highest BCUT2D eigenvalue weighted by Crippen LogP contribution is 2.53. The van der Waals surface area contributed by atoms with Crippen molar-refractivity contribution in [2.75, 3.05) is 0 Å². The summed E-state index contributed by atoms with van der Waals surface area (Å²) in [6, 6.07) is 30.0. The molecule has 1 unspecified atom stereocenters. The average Bonchev–Trinajstić information content (AvgIpc) is 3.06. The molecule has 0 bridgehead atoms. The van der Waals surface area contributed by atoms with E-state index in [1.165, 1.54) is 11.1 Å². The van der Waals surface area contributed by atoms with Crippen LogP contribution in [-0.2, 0) is 16.4 Å². The number of hydrogen-bond donors (Lipinski definition) is 1. The van der Waals surface area contributed by atoms with Gasteiger partial charge in [-0.15, -0.1) is 0 Å². The van der Waals surface area contributed by atoms with Gasteiger partial charge in [-0.25, -0.2) is 0 Å². The van der Waals surface area contributed by atoms with Crippen molar-refractivity contribution >= 4 is 15.9 Å². The van der Waals surface area contributed by atoms with E-state index in [-0.39, 0.29) is 10.8 Å². The van der Waals surface area contributed by atoms with Gasteiger partial charge < -0.3 is 5.11 Å². The second-order valence-corrected chi connectivity index (χ2v) is 12.7. The van der Waals surface area contributed by atoms with Crippen molar-refractivity contribution in [3.05, 3.63) is 117 Å². The zero-order chi connectivity index (χ0) is 25.2. The predicted molar refractivity (Wildman–Crippen MR) is 151 cm³/mol. The maximum Gasteiger partial charge on any atom is 0.142 e. The first-order valence-corrected chi connectivity index (χ1v) is 13.1. The van der Waals surface area contributed by atoms with Gasteiger partial charge in [0.2, 0.25) is 0 Å². The summed E-state index contributed by atoms with van der Waals surface area (Å²) in [5.74, 6) is 0. The molecule has 35 heavy (non-hydrogen) atoms. The molecule has 0 spiro atoms. The predicted octanol–water partition coefficient (Wildman–Crippen LogP) is 8.98. The summed E-state index contributed by atoms with van der Waals surface area (Å²) in [5.41, 5.74) is 8.43. The summed E-state index contributed by atoms with van der Waals surface area (Å²) in [6.45, 7) is 13.4. The fraction of sp³-hybridized carbons (Fsp3) is 0.273. The van der Waals surface area contributed by atoms with Gasteiger partial charge in [0.15, 0.2) is 0 Å². The van der Waals surface area contributed by atoms with Crippen molar-refractivity contribution in [3.8, 4) is 22.3 Å². The Bertz CT molecular complexity index is 1420. The molecular formula is C33H33BrO. The van der Waals surface area contributed by atoms with E-state index in [1.807, 2.05) is 12.1 Å². The third kappa shape index (κ3) is 3.97. The highest BCUT2D eigenvalue weighted by atomic mass is 79.9. The number of rotatable bonds is 2. The lowest BCUT2D eigenvalue weighted by atomic mass is 9.76. The summed E-state index contributed by atoms with van der Waals surface area (Å²) in [7, 11) is 0. The van der Waals surface area contributed by atoms with Crippen molar-refractivity contribution in [1.82, 2.24) is 0 Å². The number of halogens is 1. The summed E-state index contributed by atoms with van der Waals surface area (Å²) in [4.78, 5) is 0. The molecule has 0 fully saturated rings. The number of benzene rings is 4. The van der Waals surface area contributed by atoms with E-state index < -0.39 is 5.60 Å². The Hall–Kier alpha value is -2.68. The minimum atomic E-state index is -1.25. The minimum absolute atomic E-state index is 0.0437. The average molecular weight is 526 g/mol. The molecule has 0 amide bonds. The summed E-state index contributed by atoms with van der Waals surface area (Å²) in [6.07, 6.45) is 0. The topological polar surface area (TPSA) is 20.2 Å². The molecule has 0 saturated carbocycles. The van der Waals surface area contributed by atoms with Crippen LogP contribution >= 0.6 is 15.9 Å². The lowest BCUT2D eigenvalue weighted by molar-refractivity contribution is 0.131. The highest BCUT2D eigenvalue weighted by Gasteiger charge is 2.44. The van der Waals surface area contributed by atoms with Crippen molar-refractivity contribution in [3.63, 3.8) is 0 Å². The standard InChI is InChI=1S/C33H33BrO/c1-31(2,3)22-13-11-21(12-14-22)25-17-15-23(32(4,5)6)19-29(25)33(35)28-10-8-7-9-26(28)27-18-16-24(34)20-30(27)33/h7-20,35H,1-6H3. The Morgan fingerprint density at radius 3 is 1.77 bits per heavy atom. The normalized spacial score (nSPS) is 17.3. The molecule has 1 N–H and O–H groups in total. The van der Waals surface area contributed by atoms with E-state index in [2.05, 4.69) is 130 Å². The molecule has 0 radical (unpaired) electrons. The SMILES string of the molecule is CC(C)(C)c1ccc(-c2ccc(C(C)(C)C)cc2C2(O)c3ccccc3-c3ccc(Br)cc32)cc1. The van der Waals surface area contributed by atoms with Crippen LogP contribution in [0.2, 0.25) is 0 Å². The summed E-state index contributed by atoms with van der Waals surface area (Å²) < 4.78 is 0.963. The molecule has 2 heteroatoms. The van der Waals surface area contributed by atoms with E-state index in [9.17, 15) is 5.11 Å². The molecule has 1 nitrogen and oxygen atoms in total. The number of fused-ring (bicyclic) bond motifs is 3. The molecular weight excluding hydrogens is 492 g/mol. The largest absolute Gasteiger partial charge is 0.376 e. The second kappa shape index (κ2) is 8.18. The Morgan fingerprint density at radius 1 is 0.571 bits per heavy atom. The van der Waals surface area contributed by atoms with Gasteiger partial charge >= 0.3 is 0 Å². The first kappa shape index (κ1) is 24.0. The highest BCUT2D eigenvalue weighted by molar-refractivity contribution is 9.10. The Morgan fingerprint density at radius 2 is 1.11 bits per heavy atom. The molecule has 0 aromatic heterocycles. The molecule has 5 rings (SSSR count). The molecule has 1 aliphatic carbocycles. The van der Waals surface area contributed by atoms with E-state index in [0.29, 0.717) is 0 Å². The van der Waals surface area contributed by atoms with Crippen LogP contribution in [0.3, 0.4) is 0 Å². The fourth-order valence-corrected chi connectivity index (χ4v) is 5.59. The van der Waals surface area contributed by atoms with Gasteiger partial charge in [0.05, 0.1) is 0 Å². The van der Waals surface area contributed by atoms with Crippen LogP contribution in [0.1, 0.15) is 69.4 Å². The van der Waals surface area contributed by atoms with E-state index in [0.717, 1.165) is 43.4 Å². The third-order valence-corrected chi connectivity index (χ3v) is 7.81. The Kier molecular flexibility index (Phi) is 5.62. The maximum absolute atomic E-state index is 12.8. The molecule has 1 atom stereocenters. The lowest BCUT2D eigenvalue weighted by Gasteiger charge is -2.31. The van der Waals surface area contributed by atoms with E-state index in [4.69, 9.17) is 0 Å². The smallest absolute Gasteiger partial charge is 0.142 e. The van der Waals surface area contributed by atoms with Gasteiger partial charge in [0.1, 0.15) is 5.60 Å². The van der Waals surface area contributed by atoms with Crippen molar-refractivity contribution in [2.45, 2.75) is 58.0 Å². The Labute approximate surface area is 218 Å². The molecule has 0 heterocycles. The number of aliphatic hydroxyl groups is 1. The molecule has 1 aliphatic rings. The van der Waals surface area contributed by atoms with E-state index >= 15 is 0 Å². The molecule has 4 aromatic carbocycles. The molecule has 178 valence electrons. The van der Waals surface area contributed by atoms with Crippen LogP contribution in [0.15, 0.2) is 89.4 Å². The van der Waals surface area contributed by atoms with Crippen LogP contribution in [0.5, 0.6) is 0 Å². The van der Waals surface area contributed by atoms with Gasteiger partial charge in [-0.05, 0) is 56.3 Å². The molecule has 0 saturated heterocycles. The minimum Gasteiger partial charge on any atom is -0.376 e. The first-order valence-electron chi connectivity index (χ1n) is 12.3. The fourth-order valence-electron chi connectivity index (χ4n) is 5.23. The van der Waals surface area contributed by atoms with Gasteiger partial charge in [-0.2, -0.15) is 0 Å². The zero-order valence-electron chi connectivity index (χ0n) is 21.4. The van der Waals surface area contributed by atoms with Crippen LogP contribution in [0.4, 0.5) is 0 Å². The molecule has 4 aromatic rings. The quantitative estimate of drug-likeness (QED) is 0.277. The van der Waals surface area contributed by atoms with Gasteiger partial charge in [0.25, 0.3) is 0 Å². The third-order valence-electron chi connectivity index (χ3n) is 7.32. The molecule has 0 aliphatic heterocycles.